The molecule has 2 atom stereocenters. The summed E-state index contributed by atoms with van der Waals surface area (Å²) < 4.78 is 6.48. The molecule has 6 rings (SSSR count). The molecule has 1 unspecified atom stereocenters. The van der Waals surface area contributed by atoms with Crippen molar-refractivity contribution >= 4 is 28.7 Å². The van der Waals surface area contributed by atoms with E-state index in [1.54, 1.807) is 24.3 Å². The molecule has 1 saturated heterocycles. The van der Waals surface area contributed by atoms with Crippen LogP contribution in [0.25, 0.3) is 0 Å². The van der Waals surface area contributed by atoms with E-state index in [4.69, 9.17) is 9.73 Å². The predicted octanol–water partition coefficient (Wildman–Crippen LogP) is 6.51. The van der Waals surface area contributed by atoms with E-state index in [2.05, 4.69) is 50.1 Å². The van der Waals surface area contributed by atoms with Gasteiger partial charge in [-0.05, 0) is 55.9 Å². The molecule has 0 spiro atoms. The molecule has 2 aromatic carbocycles. The lowest BCUT2D eigenvalue weighted by atomic mass is 9.81. The molecule has 2 aliphatic heterocycles. The smallest absolute Gasteiger partial charge is 0.196 e. The quantitative estimate of drug-likeness (QED) is 0.386. The Bertz CT molecular complexity index is 1440. The average Bonchev–Trinajstić information content (AvgIpc) is 2.92. The molecule has 0 radical (unpaired) electrons. The number of piperidine rings is 1. The standard InChI is InChI=1S/C33H37N3O3/c1-20-10-7-8-16-36(20)17-9-15-34-25-19-27-30(35-24-14-13-21(33(2,3)4)18-26(24)39-27)29-28(25)31(37)22-11-5-6-12-23(22)32(29)38/h5-6,11-14,18-20,26,34H,7-10,15-17H2,1-4H3/t20-,26?/m0/s1. The number of anilines is 1. The van der Waals surface area contributed by atoms with E-state index in [0.717, 1.165) is 25.2 Å². The van der Waals surface area contributed by atoms with Gasteiger partial charge >= 0.3 is 0 Å². The minimum Gasteiger partial charge on any atom is -0.478 e. The maximum absolute atomic E-state index is 13.9. The van der Waals surface area contributed by atoms with Crippen molar-refractivity contribution in [3.8, 4) is 5.75 Å². The first-order valence-electron chi connectivity index (χ1n) is 14.3. The Morgan fingerprint density at radius 1 is 1.05 bits per heavy atom. The van der Waals surface area contributed by atoms with E-state index in [1.807, 2.05) is 12.1 Å². The highest BCUT2D eigenvalue weighted by Crippen LogP contribution is 2.46. The van der Waals surface area contributed by atoms with Crippen molar-refractivity contribution in [3.63, 3.8) is 0 Å². The van der Waals surface area contributed by atoms with Gasteiger partial charge in [0.05, 0.1) is 16.8 Å². The molecule has 1 N–H and O–H groups in total. The minimum atomic E-state index is -0.329. The maximum atomic E-state index is 13.9. The normalized spacial score (nSPS) is 22.2. The highest BCUT2D eigenvalue weighted by atomic mass is 16.5. The number of fused-ring (bicyclic) bond motifs is 5. The average molecular weight is 524 g/mol. The molecule has 0 bridgehead atoms. The Kier molecular flexibility index (Phi) is 6.54. The maximum Gasteiger partial charge on any atom is 0.196 e. The summed E-state index contributed by atoms with van der Waals surface area (Å²) in [7, 11) is 0. The van der Waals surface area contributed by atoms with Crippen molar-refractivity contribution in [2.24, 2.45) is 10.4 Å². The number of aliphatic imine (C=N–C) groups is 1. The lowest BCUT2D eigenvalue weighted by Gasteiger charge is -2.33. The van der Waals surface area contributed by atoms with Gasteiger partial charge in [-0.1, -0.05) is 57.5 Å². The van der Waals surface area contributed by atoms with Gasteiger partial charge in [0, 0.05) is 42.0 Å². The van der Waals surface area contributed by atoms with Crippen LogP contribution in [0.1, 0.15) is 85.2 Å². The molecule has 1 fully saturated rings. The number of ether oxygens (including phenoxy) is 1. The zero-order chi connectivity index (χ0) is 27.3. The number of ketones is 2. The second-order valence-corrected chi connectivity index (χ2v) is 12.2. The van der Waals surface area contributed by atoms with Crippen LogP contribution in [-0.4, -0.2) is 54.0 Å². The number of carbonyl (C=O) groups excluding carboxylic acids is 2. The fraction of sp³-hybridized carbons (Fsp3) is 0.424. The summed E-state index contributed by atoms with van der Waals surface area (Å²) >= 11 is 0. The van der Waals surface area contributed by atoms with Gasteiger partial charge in [-0.2, -0.15) is 0 Å². The van der Waals surface area contributed by atoms with Gasteiger partial charge in [-0.15, -0.1) is 0 Å². The largest absolute Gasteiger partial charge is 0.478 e. The van der Waals surface area contributed by atoms with Crippen LogP contribution in [-0.2, 0) is 0 Å². The van der Waals surface area contributed by atoms with Crippen LogP contribution >= 0.6 is 0 Å². The first kappa shape index (κ1) is 25.8. The van der Waals surface area contributed by atoms with E-state index in [0.29, 0.717) is 52.0 Å². The summed E-state index contributed by atoms with van der Waals surface area (Å²) in [6.07, 6.45) is 10.6. The number of hydrogen-bond donors (Lipinski definition) is 1. The Morgan fingerprint density at radius 2 is 1.79 bits per heavy atom. The van der Waals surface area contributed by atoms with E-state index < -0.39 is 0 Å². The summed E-state index contributed by atoms with van der Waals surface area (Å²) in [6.45, 7) is 11.7. The second-order valence-electron chi connectivity index (χ2n) is 12.2. The molecule has 2 aliphatic carbocycles. The molecule has 2 aromatic rings. The topological polar surface area (TPSA) is 71.0 Å². The third-order valence-corrected chi connectivity index (χ3v) is 8.43. The van der Waals surface area contributed by atoms with Crippen molar-refractivity contribution in [2.75, 3.05) is 25.0 Å². The van der Waals surface area contributed by atoms with E-state index in [-0.39, 0.29) is 23.1 Å². The van der Waals surface area contributed by atoms with E-state index in [9.17, 15) is 9.59 Å². The summed E-state index contributed by atoms with van der Waals surface area (Å²) in [4.78, 5) is 35.1. The summed E-state index contributed by atoms with van der Waals surface area (Å²) in [5, 5.41) is 3.51. The molecule has 4 aliphatic rings. The van der Waals surface area contributed by atoms with Crippen LogP contribution < -0.4 is 10.1 Å². The van der Waals surface area contributed by atoms with Crippen LogP contribution in [0, 0.1) is 5.41 Å². The van der Waals surface area contributed by atoms with Gasteiger partial charge in [0.2, 0.25) is 0 Å². The Balaban J connectivity index is 1.36. The van der Waals surface area contributed by atoms with Crippen LogP contribution in [0.2, 0.25) is 0 Å². The van der Waals surface area contributed by atoms with E-state index >= 15 is 0 Å². The van der Waals surface area contributed by atoms with Gasteiger partial charge in [0.1, 0.15) is 11.4 Å². The first-order valence-corrected chi connectivity index (χ1v) is 14.3. The summed E-state index contributed by atoms with van der Waals surface area (Å²) in [5.74, 6) is 0.209. The molecular weight excluding hydrogens is 486 g/mol. The van der Waals surface area contributed by atoms with Crippen molar-refractivity contribution in [1.82, 2.24) is 4.90 Å². The fourth-order valence-corrected chi connectivity index (χ4v) is 6.12. The zero-order valence-electron chi connectivity index (χ0n) is 23.3. The molecule has 6 heteroatoms. The lowest BCUT2D eigenvalue weighted by Crippen LogP contribution is -2.38. The molecule has 0 amide bonds. The van der Waals surface area contributed by atoms with Crippen molar-refractivity contribution in [1.29, 1.82) is 0 Å². The molecule has 39 heavy (non-hydrogen) atoms. The van der Waals surface area contributed by atoms with E-state index in [1.165, 1.54) is 24.8 Å². The zero-order valence-corrected chi connectivity index (χ0v) is 23.3. The minimum absolute atomic E-state index is 0.0216. The number of benzene rings is 2. The van der Waals surface area contributed by atoms with Gasteiger partial charge in [0.25, 0.3) is 0 Å². The number of carbonyl (C=O) groups is 2. The third-order valence-electron chi connectivity index (χ3n) is 8.43. The Morgan fingerprint density at radius 3 is 2.51 bits per heavy atom. The van der Waals surface area contributed by atoms with Gasteiger partial charge in [-0.3, -0.25) is 9.59 Å². The monoisotopic (exact) mass is 523 g/mol. The number of likely N-dealkylation sites (tertiary alicyclic amines) is 1. The molecule has 202 valence electrons. The summed E-state index contributed by atoms with van der Waals surface area (Å²) in [5.41, 5.74) is 4.61. The number of nitrogens with one attached hydrogen (secondary N) is 1. The Hall–Kier alpha value is -3.51. The second kappa shape index (κ2) is 9.91. The number of rotatable bonds is 5. The molecule has 2 heterocycles. The van der Waals surface area contributed by atoms with Crippen molar-refractivity contribution in [3.05, 3.63) is 76.4 Å². The van der Waals surface area contributed by atoms with Crippen molar-refractivity contribution in [2.45, 2.75) is 65.5 Å². The highest BCUT2D eigenvalue weighted by Gasteiger charge is 2.38. The predicted molar refractivity (Wildman–Crippen MR) is 156 cm³/mol. The van der Waals surface area contributed by atoms with Gasteiger partial charge in [-0.25, -0.2) is 4.99 Å². The van der Waals surface area contributed by atoms with Crippen LogP contribution in [0.4, 0.5) is 11.4 Å². The number of nitrogens with zero attached hydrogens (tertiary/aromatic N) is 2. The first-order chi connectivity index (χ1) is 18.7. The van der Waals surface area contributed by atoms with Crippen LogP contribution in [0.15, 0.2) is 59.1 Å². The fourth-order valence-electron chi connectivity index (χ4n) is 6.12. The number of allylic oxidation sites excluding steroid dienone is 2. The molecule has 0 saturated carbocycles. The number of hydrogen-bond acceptors (Lipinski definition) is 6. The molecule has 6 nitrogen and oxygen atoms in total. The van der Waals surface area contributed by atoms with Crippen LogP contribution in [0.5, 0.6) is 5.75 Å². The lowest BCUT2D eigenvalue weighted by molar-refractivity contribution is 0.0979. The SMILES string of the molecule is C[C@H]1CCCCN1CCCNc1cc2c(c3c1C(=O)c1ccccc1C3=O)N=C1C=CC(C(C)(C)C)=CC1O2. The Labute approximate surface area is 230 Å². The molecule has 0 aromatic heterocycles. The van der Waals surface area contributed by atoms with Gasteiger partial charge < -0.3 is 15.0 Å². The van der Waals surface area contributed by atoms with Gasteiger partial charge in [0.15, 0.2) is 17.7 Å². The highest BCUT2D eigenvalue weighted by molar-refractivity contribution is 6.32. The van der Waals surface area contributed by atoms with Crippen molar-refractivity contribution < 1.29 is 14.3 Å². The van der Waals surface area contributed by atoms with Crippen LogP contribution in [0.3, 0.4) is 0 Å². The third kappa shape index (κ3) is 4.65. The summed E-state index contributed by atoms with van der Waals surface area (Å²) in [6, 6.07) is 9.55. The molecular formula is C33H37N3O3.